The van der Waals surface area contributed by atoms with E-state index in [2.05, 4.69) is 20.8 Å². The summed E-state index contributed by atoms with van der Waals surface area (Å²) in [5.41, 5.74) is -0.469. The van der Waals surface area contributed by atoms with Crippen LogP contribution in [0, 0.1) is 22.7 Å². The third kappa shape index (κ3) is 3.18. The van der Waals surface area contributed by atoms with Crippen LogP contribution >= 0.6 is 0 Å². The lowest BCUT2D eigenvalue weighted by Gasteiger charge is -2.64. The SMILES string of the molecule is C/C(=C\CO)CC[C@@H]1[C@@](C)(O)[C@H](O)[C@@H](O)[C@@H]2C(C)(C)CCC[C@]21C. The quantitative estimate of drug-likeness (QED) is 0.593. The van der Waals surface area contributed by atoms with Crippen LogP contribution in [-0.4, -0.2) is 44.8 Å². The maximum Gasteiger partial charge on any atom is 0.109 e. The van der Waals surface area contributed by atoms with Crippen molar-refractivity contribution in [3.8, 4) is 0 Å². The largest absolute Gasteiger partial charge is 0.392 e. The number of allylic oxidation sites excluding steroid dienone is 1. The topological polar surface area (TPSA) is 80.9 Å². The smallest absolute Gasteiger partial charge is 0.109 e. The van der Waals surface area contributed by atoms with Gasteiger partial charge in [0.2, 0.25) is 0 Å². The number of rotatable bonds is 4. The Morgan fingerprint density at radius 2 is 1.75 bits per heavy atom. The van der Waals surface area contributed by atoms with Crippen molar-refractivity contribution in [2.45, 2.75) is 84.5 Å². The minimum Gasteiger partial charge on any atom is -0.392 e. The van der Waals surface area contributed by atoms with Crippen LogP contribution in [0.1, 0.15) is 66.7 Å². The number of aliphatic hydroxyl groups is 4. The summed E-state index contributed by atoms with van der Waals surface area (Å²) in [6.45, 7) is 10.3. The van der Waals surface area contributed by atoms with Crippen LogP contribution < -0.4 is 0 Å². The first kappa shape index (κ1) is 19.9. The number of aliphatic hydroxyl groups excluding tert-OH is 3. The Hall–Kier alpha value is -0.420. The second-order valence-corrected chi connectivity index (χ2v) is 9.31. The summed E-state index contributed by atoms with van der Waals surface area (Å²) in [5, 5.41) is 41.7. The highest BCUT2D eigenvalue weighted by Crippen LogP contribution is 2.63. The fraction of sp³-hybridized carbons (Fsp3) is 0.900. The summed E-state index contributed by atoms with van der Waals surface area (Å²) in [6, 6.07) is 0. The molecule has 2 saturated carbocycles. The highest BCUT2D eigenvalue weighted by molar-refractivity contribution is 5.15. The predicted molar refractivity (Wildman–Crippen MR) is 95.4 cm³/mol. The normalized spacial score (nSPS) is 45.8. The predicted octanol–water partition coefficient (Wildman–Crippen LogP) is 2.64. The van der Waals surface area contributed by atoms with Crippen molar-refractivity contribution < 1.29 is 20.4 Å². The van der Waals surface area contributed by atoms with Crippen molar-refractivity contribution in [3.05, 3.63) is 11.6 Å². The number of fused-ring (bicyclic) bond motifs is 1. The van der Waals surface area contributed by atoms with Crippen LogP contribution in [0.5, 0.6) is 0 Å². The van der Waals surface area contributed by atoms with Gasteiger partial charge in [-0.25, -0.2) is 0 Å². The van der Waals surface area contributed by atoms with E-state index in [0.29, 0.717) is 0 Å². The summed E-state index contributed by atoms with van der Waals surface area (Å²) in [7, 11) is 0. The van der Waals surface area contributed by atoms with Gasteiger partial charge < -0.3 is 20.4 Å². The number of hydrogen-bond acceptors (Lipinski definition) is 4. The minimum atomic E-state index is -1.31. The first-order valence-electron chi connectivity index (χ1n) is 9.33. The molecule has 0 aromatic rings. The number of hydrogen-bond donors (Lipinski definition) is 4. The molecular formula is C20H36O4. The van der Waals surface area contributed by atoms with E-state index in [4.69, 9.17) is 5.11 Å². The Morgan fingerprint density at radius 1 is 1.12 bits per heavy atom. The van der Waals surface area contributed by atoms with Crippen molar-refractivity contribution >= 4 is 0 Å². The van der Waals surface area contributed by atoms with Gasteiger partial charge in [0.25, 0.3) is 0 Å². The van der Waals surface area contributed by atoms with Crippen LogP contribution in [0.15, 0.2) is 11.6 Å². The maximum absolute atomic E-state index is 11.1. The molecule has 0 saturated heterocycles. The molecule has 0 aliphatic heterocycles. The molecule has 0 spiro atoms. The zero-order chi connectivity index (χ0) is 18.3. The molecular weight excluding hydrogens is 304 g/mol. The minimum absolute atomic E-state index is 0.0268. The van der Waals surface area contributed by atoms with Gasteiger partial charge in [-0.1, -0.05) is 38.8 Å². The summed E-state index contributed by atoms with van der Waals surface area (Å²) in [4.78, 5) is 0. The molecule has 4 heteroatoms. The average Bonchev–Trinajstić information content (AvgIpc) is 2.44. The lowest BCUT2D eigenvalue weighted by molar-refractivity contribution is -0.267. The first-order chi connectivity index (χ1) is 11.0. The van der Waals surface area contributed by atoms with Gasteiger partial charge in [0.1, 0.15) is 6.10 Å². The van der Waals surface area contributed by atoms with Gasteiger partial charge in [-0.05, 0) is 62.2 Å². The summed E-state index contributed by atoms with van der Waals surface area (Å²) < 4.78 is 0. The molecule has 4 nitrogen and oxygen atoms in total. The van der Waals surface area contributed by atoms with Gasteiger partial charge in [0.05, 0.1) is 18.3 Å². The van der Waals surface area contributed by atoms with Crippen LogP contribution in [-0.2, 0) is 0 Å². The summed E-state index contributed by atoms with van der Waals surface area (Å²) >= 11 is 0. The zero-order valence-corrected chi connectivity index (χ0v) is 15.9. The fourth-order valence-electron chi connectivity index (χ4n) is 6.03. The molecule has 0 aromatic carbocycles. The van der Waals surface area contributed by atoms with E-state index in [9.17, 15) is 15.3 Å². The van der Waals surface area contributed by atoms with Gasteiger partial charge >= 0.3 is 0 Å². The van der Waals surface area contributed by atoms with Crippen molar-refractivity contribution in [1.82, 2.24) is 0 Å². The average molecular weight is 341 g/mol. The standard InChI is InChI=1S/C20H36O4/c1-13(9-12-21)7-8-14-19(4)11-6-10-18(2,3)16(19)15(22)17(23)20(14,5)24/h9,14-17,21-24H,6-8,10-12H2,1-5H3/b13-9+/t14-,15-,16+,17+,19-,20+/m0/s1. The molecule has 6 atom stereocenters. The van der Waals surface area contributed by atoms with Crippen molar-refractivity contribution in [1.29, 1.82) is 0 Å². The molecule has 0 radical (unpaired) electrons. The Labute approximate surface area is 146 Å². The van der Waals surface area contributed by atoms with E-state index in [1.165, 1.54) is 0 Å². The van der Waals surface area contributed by atoms with Crippen LogP contribution in [0.25, 0.3) is 0 Å². The second kappa shape index (κ2) is 6.71. The maximum atomic E-state index is 11.1. The van der Waals surface area contributed by atoms with Crippen LogP contribution in [0.3, 0.4) is 0 Å². The summed E-state index contributed by atoms with van der Waals surface area (Å²) in [6.07, 6.45) is 4.40. The third-order valence-electron chi connectivity index (χ3n) is 7.12. The fourth-order valence-corrected chi connectivity index (χ4v) is 6.03. The van der Waals surface area contributed by atoms with E-state index in [-0.39, 0.29) is 29.3 Å². The van der Waals surface area contributed by atoms with Crippen molar-refractivity contribution in [2.24, 2.45) is 22.7 Å². The molecule has 2 aliphatic carbocycles. The molecule has 0 heterocycles. The van der Waals surface area contributed by atoms with Crippen molar-refractivity contribution in [3.63, 3.8) is 0 Å². The molecule has 4 N–H and O–H groups in total. The molecule has 2 rings (SSSR count). The molecule has 0 amide bonds. The monoisotopic (exact) mass is 340 g/mol. The Kier molecular flexibility index (Phi) is 5.57. The highest BCUT2D eigenvalue weighted by Gasteiger charge is 2.64. The van der Waals surface area contributed by atoms with E-state index in [1.54, 1.807) is 13.0 Å². The van der Waals surface area contributed by atoms with E-state index >= 15 is 0 Å². The van der Waals surface area contributed by atoms with E-state index < -0.39 is 17.8 Å². The third-order valence-corrected chi connectivity index (χ3v) is 7.12. The Bertz CT molecular complexity index is 482. The van der Waals surface area contributed by atoms with E-state index in [0.717, 1.165) is 37.7 Å². The van der Waals surface area contributed by atoms with Gasteiger partial charge in [0.15, 0.2) is 0 Å². The van der Waals surface area contributed by atoms with E-state index in [1.807, 2.05) is 6.92 Å². The van der Waals surface area contributed by atoms with Crippen molar-refractivity contribution in [2.75, 3.05) is 6.61 Å². The Balaban J connectivity index is 2.39. The highest BCUT2D eigenvalue weighted by atomic mass is 16.4. The van der Waals surface area contributed by atoms with Crippen LogP contribution in [0.2, 0.25) is 0 Å². The van der Waals surface area contributed by atoms with Gasteiger partial charge in [-0.2, -0.15) is 0 Å². The Morgan fingerprint density at radius 3 is 2.33 bits per heavy atom. The molecule has 0 unspecified atom stereocenters. The van der Waals surface area contributed by atoms with Gasteiger partial charge in [-0.3, -0.25) is 0 Å². The molecule has 24 heavy (non-hydrogen) atoms. The first-order valence-corrected chi connectivity index (χ1v) is 9.33. The molecule has 0 bridgehead atoms. The molecule has 0 aromatic heterocycles. The second-order valence-electron chi connectivity index (χ2n) is 9.31. The van der Waals surface area contributed by atoms with Gasteiger partial charge in [0, 0.05) is 0 Å². The lowest BCUT2D eigenvalue weighted by Crippen LogP contribution is -2.69. The molecule has 140 valence electrons. The molecule has 2 aliphatic rings. The zero-order valence-electron chi connectivity index (χ0n) is 15.9. The van der Waals surface area contributed by atoms with Crippen LogP contribution in [0.4, 0.5) is 0 Å². The van der Waals surface area contributed by atoms with Gasteiger partial charge in [-0.15, -0.1) is 0 Å². The summed E-state index contributed by atoms with van der Waals surface area (Å²) in [5.74, 6) is -0.115. The lowest BCUT2D eigenvalue weighted by atomic mass is 9.43. The molecule has 2 fully saturated rings.